The summed E-state index contributed by atoms with van der Waals surface area (Å²) >= 11 is 0. The van der Waals surface area contributed by atoms with Crippen LogP contribution in [0.1, 0.15) is 26.3 Å². The molecule has 25 heavy (non-hydrogen) atoms. The molecule has 1 aromatic rings. The van der Waals surface area contributed by atoms with Gasteiger partial charge in [0.1, 0.15) is 29.3 Å². The van der Waals surface area contributed by atoms with Crippen LogP contribution in [0.2, 0.25) is 0 Å². The zero-order chi connectivity index (χ0) is 18.8. The van der Waals surface area contributed by atoms with Crippen LogP contribution in [0.15, 0.2) is 24.3 Å². The van der Waals surface area contributed by atoms with Crippen molar-refractivity contribution in [3.63, 3.8) is 0 Å². The molecule has 1 aliphatic heterocycles. The first-order valence-electron chi connectivity index (χ1n) is 7.72. The maximum absolute atomic E-state index is 14.4. The standard InChI is InChI=1S/C17H20F3NO4/c1-16(2,3)25-15(23)21-17(10-6-4-5-7-12(10)18)9-24-13(14(19)20)11(17)8-22/h4-8,11,13-14H,9H2,1-3H3,(H,21,23)/t11-,13+,17-/m1/s1. The SMILES string of the molecule is CC(C)(C)OC(=O)N[C@@]1(c2ccccc2F)CO[C@H](C(F)F)[C@H]1C=O. The molecule has 1 heterocycles. The molecule has 1 amide bonds. The van der Waals surface area contributed by atoms with Gasteiger partial charge in [0.15, 0.2) is 0 Å². The van der Waals surface area contributed by atoms with E-state index in [9.17, 15) is 22.8 Å². The normalized spacial score (nSPS) is 26.5. The van der Waals surface area contributed by atoms with E-state index in [1.165, 1.54) is 18.2 Å². The molecule has 3 atom stereocenters. The lowest BCUT2D eigenvalue weighted by Gasteiger charge is -2.34. The second-order valence-electron chi connectivity index (χ2n) is 6.85. The number of hydrogen-bond donors (Lipinski definition) is 1. The fourth-order valence-electron chi connectivity index (χ4n) is 2.88. The van der Waals surface area contributed by atoms with Crippen molar-refractivity contribution in [2.45, 2.75) is 44.4 Å². The van der Waals surface area contributed by atoms with Gasteiger partial charge in [-0.3, -0.25) is 0 Å². The average Bonchev–Trinajstić information content (AvgIpc) is 2.84. The van der Waals surface area contributed by atoms with E-state index in [4.69, 9.17) is 9.47 Å². The third-order valence-electron chi connectivity index (χ3n) is 3.90. The third-order valence-corrected chi connectivity index (χ3v) is 3.90. The van der Waals surface area contributed by atoms with Crippen molar-refractivity contribution in [3.05, 3.63) is 35.6 Å². The second kappa shape index (κ2) is 7.03. The molecule has 1 N–H and O–H groups in total. The van der Waals surface area contributed by atoms with Crippen molar-refractivity contribution in [2.24, 2.45) is 5.92 Å². The summed E-state index contributed by atoms with van der Waals surface area (Å²) in [5.41, 5.74) is -2.75. The van der Waals surface area contributed by atoms with E-state index in [0.29, 0.717) is 0 Å². The number of aldehydes is 1. The number of alkyl halides is 2. The lowest BCUT2D eigenvalue weighted by Crippen LogP contribution is -2.54. The Morgan fingerprint density at radius 1 is 1.40 bits per heavy atom. The van der Waals surface area contributed by atoms with Gasteiger partial charge in [0.25, 0.3) is 6.43 Å². The number of rotatable bonds is 4. The van der Waals surface area contributed by atoms with Crippen LogP contribution in [0.4, 0.5) is 18.0 Å². The Hall–Kier alpha value is -2.09. The Balaban J connectivity index is 2.48. The highest BCUT2D eigenvalue weighted by Gasteiger charge is 2.56. The van der Waals surface area contributed by atoms with Gasteiger partial charge >= 0.3 is 6.09 Å². The van der Waals surface area contributed by atoms with Crippen LogP contribution < -0.4 is 5.32 Å². The van der Waals surface area contributed by atoms with Crippen LogP contribution in [0.3, 0.4) is 0 Å². The van der Waals surface area contributed by atoms with Gasteiger partial charge < -0.3 is 19.6 Å². The average molecular weight is 359 g/mol. The molecular formula is C17H20F3NO4. The molecule has 8 heteroatoms. The highest BCUT2D eigenvalue weighted by atomic mass is 19.3. The zero-order valence-corrected chi connectivity index (χ0v) is 14.1. The van der Waals surface area contributed by atoms with Crippen molar-refractivity contribution >= 4 is 12.4 Å². The highest BCUT2D eigenvalue weighted by molar-refractivity contribution is 5.72. The van der Waals surface area contributed by atoms with Gasteiger partial charge in [-0.05, 0) is 26.8 Å². The van der Waals surface area contributed by atoms with Crippen LogP contribution in [-0.4, -0.2) is 37.1 Å². The molecule has 0 unspecified atom stereocenters. The van der Waals surface area contributed by atoms with Crippen molar-refractivity contribution in [1.29, 1.82) is 0 Å². The first-order valence-corrected chi connectivity index (χ1v) is 7.72. The van der Waals surface area contributed by atoms with Gasteiger partial charge in [-0.15, -0.1) is 0 Å². The first kappa shape index (κ1) is 19.2. The lowest BCUT2D eigenvalue weighted by molar-refractivity contribution is -0.117. The molecule has 1 aromatic carbocycles. The van der Waals surface area contributed by atoms with Crippen LogP contribution in [0.25, 0.3) is 0 Å². The Morgan fingerprint density at radius 3 is 2.56 bits per heavy atom. The number of carbonyl (C=O) groups is 2. The molecule has 1 fully saturated rings. The van der Waals surface area contributed by atoms with E-state index in [-0.39, 0.29) is 11.8 Å². The summed E-state index contributed by atoms with van der Waals surface area (Å²) in [7, 11) is 0. The summed E-state index contributed by atoms with van der Waals surface area (Å²) in [6.45, 7) is 4.37. The van der Waals surface area contributed by atoms with E-state index >= 15 is 0 Å². The highest BCUT2D eigenvalue weighted by Crippen LogP contribution is 2.41. The van der Waals surface area contributed by atoms with Crippen molar-refractivity contribution in [1.82, 2.24) is 5.32 Å². The van der Waals surface area contributed by atoms with Crippen molar-refractivity contribution in [3.8, 4) is 0 Å². The number of alkyl carbamates (subject to hydrolysis) is 1. The Morgan fingerprint density at radius 2 is 2.04 bits per heavy atom. The molecule has 1 saturated heterocycles. The Bertz CT molecular complexity index is 647. The van der Waals surface area contributed by atoms with E-state index in [0.717, 1.165) is 6.07 Å². The smallest absolute Gasteiger partial charge is 0.408 e. The number of benzene rings is 1. The first-order chi connectivity index (χ1) is 11.6. The van der Waals surface area contributed by atoms with E-state index in [1.807, 2.05) is 0 Å². The van der Waals surface area contributed by atoms with E-state index in [1.54, 1.807) is 20.8 Å². The quantitative estimate of drug-likeness (QED) is 0.840. The molecule has 0 aromatic heterocycles. The van der Waals surface area contributed by atoms with Gasteiger partial charge in [-0.25, -0.2) is 18.0 Å². The minimum Gasteiger partial charge on any atom is -0.444 e. The van der Waals surface area contributed by atoms with Gasteiger partial charge in [-0.1, -0.05) is 18.2 Å². The second-order valence-corrected chi connectivity index (χ2v) is 6.85. The lowest BCUT2D eigenvalue weighted by atomic mass is 9.78. The zero-order valence-electron chi connectivity index (χ0n) is 14.1. The van der Waals surface area contributed by atoms with Crippen LogP contribution in [0, 0.1) is 11.7 Å². The van der Waals surface area contributed by atoms with Crippen molar-refractivity contribution in [2.75, 3.05) is 6.61 Å². The summed E-state index contributed by atoms with van der Waals surface area (Å²) in [6.07, 6.45) is -5.43. The van der Waals surface area contributed by atoms with E-state index < -0.39 is 48.1 Å². The van der Waals surface area contributed by atoms with Gasteiger partial charge in [0.05, 0.1) is 12.5 Å². The molecule has 2 rings (SSSR count). The van der Waals surface area contributed by atoms with Gasteiger partial charge in [-0.2, -0.15) is 0 Å². The molecule has 0 spiro atoms. The maximum Gasteiger partial charge on any atom is 0.408 e. The number of hydrogen-bond acceptors (Lipinski definition) is 4. The number of halogens is 3. The van der Waals surface area contributed by atoms with Gasteiger partial charge in [0.2, 0.25) is 0 Å². The molecule has 0 saturated carbocycles. The number of ether oxygens (including phenoxy) is 2. The summed E-state index contributed by atoms with van der Waals surface area (Å²) in [6, 6.07) is 5.33. The van der Waals surface area contributed by atoms with Crippen molar-refractivity contribution < 1.29 is 32.2 Å². The van der Waals surface area contributed by atoms with Crippen LogP contribution in [-0.2, 0) is 19.8 Å². The molecule has 0 radical (unpaired) electrons. The molecule has 5 nitrogen and oxygen atoms in total. The fraction of sp³-hybridized carbons (Fsp3) is 0.529. The number of carbonyl (C=O) groups excluding carboxylic acids is 2. The molecule has 0 bridgehead atoms. The maximum atomic E-state index is 14.4. The topological polar surface area (TPSA) is 64.6 Å². The monoisotopic (exact) mass is 359 g/mol. The summed E-state index contributed by atoms with van der Waals surface area (Å²) in [5.74, 6) is -2.22. The predicted molar refractivity (Wildman–Crippen MR) is 82.7 cm³/mol. The minimum atomic E-state index is -2.97. The minimum absolute atomic E-state index is 0.110. The molecular weight excluding hydrogens is 339 g/mol. The largest absolute Gasteiger partial charge is 0.444 e. The van der Waals surface area contributed by atoms with Gasteiger partial charge in [0, 0.05) is 5.56 Å². The predicted octanol–water partition coefficient (Wildman–Crippen LogP) is 3.02. The number of nitrogens with one attached hydrogen (secondary N) is 1. The van der Waals surface area contributed by atoms with Crippen LogP contribution >= 0.6 is 0 Å². The Labute approximate surface area is 143 Å². The summed E-state index contributed by atoms with van der Waals surface area (Å²) in [4.78, 5) is 23.8. The summed E-state index contributed by atoms with van der Waals surface area (Å²) in [5, 5.41) is 2.40. The molecule has 1 aliphatic rings. The third kappa shape index (κ3) is 3.95. The Kier molecular flexibility index (Phi) is 5.41. The van der Waals surface area contributed by atoms with Crippen LogP contribution in [0.5, 0.6) is 0 Å². The fourth-order valence-corrected chi connectivity index (χ4v) is 2.88. The molecule has 0 aliphatic carbocycles. The number of amides is 1. The van der Waals surface area contributed by atoms with E-state index in [2.05, 4.69) is 5.32 Å². The summed E-state index contributed by atoms with van der Waals surface area (Å²) < 4.78 is 51.0. The molecule has 138 valence electrons.